The molecule has 0 amide bonds. The Bertz CT molecular complexity index is 489. The SMILES string of the molecule is CCNCC(C)S(=O)(=O)Nc1nc2c(s1)CCC2. The molecule has 18 heavy (non-hydrogen) atoms. The molecule has 102 valence electrons. The number of aryl methyl sites for hydroxylation is 2. The van der Waals surface area contributed by atoms with Gasteiger partial charge in [0.15, 0.2) is 5.13 Å². The van der Waals surface area contributed by atoms with Gasteiger partial charge in [0.25, 0.3) is 0 Å². The van der Waals surface area contributed by atoms with E-state index in [1.165, 1.54) is 16.2 Å². The molecule has 1 aromatic heterocycles. The van der Waals surface area contributed by atoms with Gasteiger partial charge >= 0.3 is 0 Å². The summed E-state index contributed by atoms with van der Waals surface area (Å²) in [5.41, 5.74) is 1.07. The number of sulfonamides is 1. The highest BCUT2D eigenvalue weighted by Crippen LogP contribution is 2.31. The van der Waals surface area contributed by atoms with E-state index < -0.39 is 15.3 Å². The molecule has 1 atom stereocenters. The van der Waals surface area contributed by atoms with Crippen molar-refractivity contribution in [3.8, 4) is 0 Å². The van der Waals surface area contributed by atoms with Crippen molar-refractivity contribution < 1.29 is 8.42 Å². The average molecular weight is 289 g/mol. The van der Waals surface area contributed by atoms with Crippen LogP contribution in [-0.4, -0.2) is 31.7 Å². The monoisotopic (exact) mass is 289 g/mol. The Kier molecular flexibility index (Phi) is 4.24. The van der Waals surface area contributed by atoms with Gasteiger partial charge in [-0.05, 0) is 32.7 Å². The molecule has 7 heteroatoms. The standard InChI is InChI=1S/C11H19N3O2S2/c1-3-12-7-8(2)18(15,16)14-11-13-9-5-4-6-10(9)17-11/h8,12H,3-7H2,1-2H3,(H,13,14). The molecule has 0 aromatic carbocycles. The van der Waals surface area contributed by atoms with Crippen LogP contribution in [0.2, 0.25) is 0 Å². The number of hydrogen-bond acceptors (Lipinski definition) is 5. The molecule has 0 spiro atoms. The second-order valence-electron chi connectivity index (χ2n) is 4.51. The van der Waals surface area contributed by atoms with Crippen LogP contribution in [0, 0.1) is 0 Å². The number of fused-ring (bicyclic) bond motifs is 1. The van der Waals surface area contributed by atoms with Crippen LogP contribution in [0.25, 0.3) is 0 Å². The average Bonchev–Trinajstić information content (AvgIpc) is 2.85. The minimum absolute atomic E-state index is 0.455. The van der Waals surface area contributed by atoms with Crippen molar-refractivity contribution in [3.05, 3.63) is 10.6 Å². The van der Waals surface area contributed by atoms with Gasteiger partial charge in [-0.1, -0.05) is 6.92 Å². The quantitative estimate of drug-likeness (QED) is 0.830. The number of anilines is 1. The highest BCUT2D eigenvalue weighted by atomic mass is 32.2. The number of thiazole rings is 1. The summed E-state index contributed by atoms with van der Waals surface area (Å²) in [6.45, 7) is 4.88. The number of rotatable bonds is 6. The number of aromatic nitrogens is 1. The number of nitrogens with one attached hydrogen (secondary N) is 2. The lowest BCUT2D eigenvalue weighted by atomic mass is 10.4. The van der Waals surface area contributed by atoms with E-state index in [1.807, 2.05) is 6.92 Å². The van der Waals surface area contributed by atoms with Crippen molar-refractivity contribution in [2.24, 2.45) is 0 Å². The molecule has 5 nitrogen and oxygen atoms in total. The summed E-state index contributed by atoms with van der Waals surface area (Å²) in [6, 6.07) is 0. The lowest BCUT2D eigenvalue weighted by molar-refractivity contribution is 0.579. The Hall–Kier alpha value is -0.660. The molecule has 0 saturated carbocycles. The number of nitrogens with zero attached hydrogens (tertiary/aromatic N) is 1. The lowest BCUT2D eigenvalue weighted by Crippen LogP contribution is -2.34. The van der Waals surface area contributed by atoms with Gasteiger partial charge in [0.05, 0.1) is 10.9 Å². The van der Waals surface area contributed by atoms with E-state index >= 15 is 0 Å². The molecule has 1 aliphatic rings. The van der Waals surface area contributed by atoms with E-state index in [1.54, 1.807) is 6.92 Å². The summed E-state index contributed by atoms with van der Waals surface area (Å²) in [7, 11) is -3.34. The van der Waals surface area contributed by atoms with Crippen LogP contribution in [0.5, 0.6) is 0 Å². The van der Waals surface area contributed by atoms with Gasteiger partial charge in [0.2, 0.25) is 10.0 Å². The van der Waals surface area contributed by atoms with Crippen molar-refractivity contribution >= 4 is 26.5 Å². The molecule has 2 N–H and O–H groups in total. The summed E-state index contributed by atoms with van der Waals surface area (Å²) >= 11 is 1.47. The Morgan fingerprint density at radius 2 is 2.22 bits per heavy atom. The Morgan fingerprint density at radius 1 is 1.44 bits per heavy atom. The maximum atomic E-state index is 12.0. The van der Waals surface area contributed by atoms with Crippen LogP contribution in [0.4, 0.5) is 5.13 Å². The molecule has 0 saturated heterocycles. The summed E-state index contributed by atoms with van der Waals surface area (Å²) in [5.74, 6) is 0. The molecule has 1 aromatic rings. The predicted octanol–water partition coefficient (Wildman–Crippen LogP) is 1.37. The van der Waals surface area contributed by atoms with E-state index in [-0.39, 0.29) is 0 Å². The van der Waals surface area contributed by atoms with Gasteiger partial charge < -0.3 is 5.32 Å². The molecule has 0 radical (unpaired) electrons. The first-order chi connectivity index (χ1) is 8.53. The maximum Gasteiger partial charge on any atom is 0.238 e. The van der Waals surface area contributed by atoms with Crippen molar-refractivity contribution in [2.75, 3.05) is 17.8 Å². The molecule has 0 bridgehead atoms. The summed E-state index contributed by atoms with van der Waals surface area (Å²) in [4.78, 5) is 5.58. The van der Waals surface area contributed by atoms with Gasteiger partial charge in [-0.2, -0.15) is 0 Å². The highest BCUT2D eigenvalue weighted by Gasteiger charge is 2.23. The maximum absolute atomic E-state index is 12.0. The van der Waals surface area contributed by atoms with E-state index in [4.69, 9.17) is 0 Å². The zero-order chi connectivity index (χ0) is 13.2. The summed E-state index contributed by atoms with van der Waals surface area (Å²) in [5, 5.41) is 3.10. The fourth-order valence-corrected chi connectivity index (χ4v) is 4.16. The minimum atomic E-state index is -3.34. The van der Waals surface area contributed by atoms with Gasteiger partial charge in [0.1, 0.15) is 0 Å². The van der Waals surface area contributed by atoms with Crippen LogP contribution in [0.15, 0.2) is 0 Å². The van der Waals surface area contributed by atoms with Crippen LogP contribution in [-0.2, 0) is 22.9 Å². The van der Waals surface area contributed by atoms with Gasteiger partial charge in [0, 0.05) is 11.4 Å². The Morgan fingerprint density at radius 3 is 2.89 bits per heavy atom. The second-order valence-corrected chi connectivity index (χ2v) is 7.69. The van der Waals surface area contributed by atoms with Gasteiger partial charge in [-0.25, -0.2) is 13.4 Å². The first-order valence-corrected chi connectivity index (χ1v) is 8.60. The Labute approximate surface area is 112 Å². The van der Waals surface area contributed by atoms with Crippen LogP contribution in [0.1, 0.15) is 30.8 Å². The van der Waals surface area contributed by atoms with Gasteiger partial charge in [-0.3, -0.25) is 4.72 Å². The molecule has 1 aliphatic carbocycles. The molecule has 1 unspecified atom stereocenters. The third-order valence-corrected chi connectivity index (χ3v) is 5.94. The zero-order valence-corrected chi connectivity index (χ0v) is 12.3. The molecular formula is C11H19N3O2S2. The largest absolute Gasteiger partial charge is 0.316 e. The Balaban J connectivity index is 2.02. The molecule has 0 fully saturated rings. The molecule has 0 aliphatic heterocycles. The van der Waals surface area contributed by atoms with Gasteiger partial charge in [-0.15, -0.1) is 11.3 Å². The van der Waals surface area contributed by atoms with Crippen molar-refractivity contribution in [2.45, 2.75) is 38.4 Å². The second kappa shape index (κ2) is 5.54. The van der Waals surface area contributed by atoms with Crippen molar-refractivity contribution in [1.29, 1.82) is 0 Å². The first kappa shape index (κ1) is 13.8. The molecule has 2 rings (SSSR count). The highest BCUT2D eigenvalue weighted by molar-refractivity contribution is 7.93. The predicted molar refractivity (Wildman–Crippen MR) is 74.7 cm³/mol. The van der Waals surface area contributed by atoms with E-state index in [0.29, 0.717) is 11.7 Å². The van der Waals surface area contributed by atoms with E-state index in [2.05, 4.69) is 15.0 Å². The van der Waals surface area contributed by atoms with Crippen molar-refractivity contribution in [1.82, 2.24) is 10.3 Å². The zero-order valence-electron chi connectivity index (χ0n) is 10.7. The lowest BCUT2D eigenvalue weighted by Gasteiger charge is -2.13. The molecule has 1 heterocycles. The fraction of sp³-hybridized carbons (Fsp3) is 0.727. The van der Waals surface area contributed by atoms with Crippen LogP contribution < -0.4 is 10.0 Å². The van der Waals surface area contributed by atoms with Crippen molar-refractivity contribution in [3.63, 3.8) is 0 Å². The minimum Gasteiger partial charge on any atom is -0.316 e. The number of hydrogen-bond donors (Lipinski definition) is 2. The smallest absolute Gasteiger partial charge is 0.238 e. The first-order valence-electron chi connectivity index (χ1n) is 6.24. The topological polar surface area (TPSA) is 71.1 Å². The summed E-state index contributed by atoms with van der Waals surface area (Å²) in [6.07, 6.45) is 3.14. The fourth-order valence-electron chi connectivity index (χ4n) is 1.91. The van der Waals surface area contributed by atoms with E-state index in [9.17, 15) is 8.42 Å². The third kappa shape index (κ3) is 3.02. The third-order valence-electron chi connectivity index (χ3n) is 3.04. The summed E-state index contributed by atoms with van der Waals surface area (Å²) < 4.78 is 26.7. The van der Waals surface area contributed by atoms with E-state index in [0.717, 1.165) is 31.5 Å². The van der Waals surface area contributed by atoms with Crippen LogP contribution in [0.3, 0.4) is 0 Å². The van der Waals surface area contributed by atoms with Crippen LogP contribution >= 0.6 is 11.3 Å². The normalized spacial score (nSPS) is 16.6. The molecular weight excluding hydrogens is 270 g/mol.